The van der Waals surface area contributed by atoms with Crippen molar-refractivity contribution in [2.24, 2.45) is 5.92 Å². The van der Waals surface area contributed by atoms with Gasteiger partial charge in [-0.05, 0) is 91.8 Å². The van der Waals surface area contributed by atoms with Crippen LogP contribution < -0.4 is 9.47 Å². The molecular weight excluding hydrogens is 408 g/mol. The molecule has 3 aromatic rings. The molecule has 1 fully saturated rings. The Labute approximate surface area is 197 Å². The predicted octanol–water partition coefficient (Wildman–Crippen LogP) is 7.31. The molecule has 3 heteroatoms. The van der Waals surface area contributed by atoms with Crippen molar-refractivity contribution in [1.82, 2.24) is 0 Å². The molecule has 0 spiro atoms. The van der Waals surface area contributed by atoms with Crippen molar-refractivity contribution in [2.75, 3.05) is 6.61 Å². The van der Waals surface area contributed by atoms with E-state index >= 15 is 0 Å². The summed E-state index contributed by atoms with van der Waals surface area (Å²) in [5.74, 6) is 2.29. The first-order valence-electron chi connectivity index (χ1n) is 12.2. The minimum absolute atomic E-state index is 0.0150. The number of hydrogen-bond acceptors (Lipinski definition) is 3. The van der Waals surface area contributed by atoms with Crippen LogP contribution in [0.4, 0.5) is 0 Å². The van der Waals surface area contributed by atoms with Crippen molar-refractivity contribution in [2.45, 2.75) is 57.8 Å². The van der Waals surface area contributed by atoms with E-state index in [1.54, 1.807) is 12.1 Å². The van der Waals surface area contributed by atoms with Gasteiger partial charge in [-0.1, -0.05) is 61.5 Å². The molecule has 0 amide bonds. The molecule has 1 unspecified atom stereocenters. The monoisotopic (exact) mass is 442 g/mol. The van der Waals surface area contributed by atoms with Crippen molar-refractivity contribution in [3.8, 4) is 11.5 Å². The van der Waals surface area contributed by atoms with Gasteiger partial charge in [-0.3, -0.25) is 4.79 Å². The molecule has 4 rings (SSSR count). The summed E-state index contributed by atoms with van der Waals surface area (Å²) >= 11 is 0. The summed E-state index contributed by atoms with van der Waals surface area (Å²) in [6.07, 6.45) is 4.88. The summed E-state index contributed by atoms with van der Waals surface area (Å²) in [5, 5.41) is 0. The van der Waals surface area contributed by atoms with Crippen LogP contribution in [0.5, 0.6) is 11.5 Å². The van der Waals surface area contributed by atoms with Crippen LogP contribution in [0.15, 0.2) is 78.9 Å². The molecule has 0 heterocycles. The standard InChI is InChI=1S/C30H34O3/c1-3-32-28-17-19-29(20-18-28)33-30(31)27-15-13-26(14-16-27)25-11-9-23(10-12-25)21-22(2)24-7-5-4-6-8-24/h4-12,17-20,22,26-27H,3,13-16,21H2,1-2H3. The van der Waals surface area contributed by atoms with Gasteiger partial charge in [0, 0.05) is 0 Å². The lowest BCUT2D eigenvalue weighted by atomic mass is 9.78. The highest BCUT2D eigenvalue weighted by Crippen LogP contribution is 2.37. The van der Waals surface area contributed by atoms with Crippen molar-refractivity contribution in [1.29, 1.82) is 0 Å². The number of rotatable bonds is 8. The topological polar surface area (TPSA) is 35.5 Å². The Kier molecular flexibility index (Phi) is 7.83. The van der Waals surface area contributed by atoms with E-state index < -0.39 is 0 Å². The predicted molar refractivity (Wildman–Crippen MR) is 133 cm³/mol. The Bertz CT molecular complexity index is 1000. The minimum atomic E-state index is -0.108. The molecule has 1 atom stereocenters. The number of esters is 1. The number of benzene rings is 3. The molecule has 3 nitrogen and oxygen atoms in total. The molecular formula is C30H34O3. The Morgan fingerprint density at radius 1 is 0.848 bits per heavy atom. The molecule has 0 aromatic heterocycles. The van der Waals surface area contributed by atoms with Crippen LogP contribution in [0, 0.1) is 5.92 Å². The van der Waals surface area contributed by atoms with Gasteiger partial charge in [0.1, 0.15) is 11.5 Å². The van der Waals surface area contributed by atoms with Gasteiger partial charge in [-0.2, -0.15) is 0 Å². The quantitative estimate of drug-likeness (QED) is 0.271. The van der Waals surface area contributed by atoms with Gasteiger partial charge >= 0.3 is 5.97 Å². The largest absolute Gasteiger partial charge is 0.494 e. The third-order valence-electron chi connectivity index (χ3n) is 6.78. The summed E-state index contributed by atoms with van der Waals surface area (Å²) in [7, 11) is 0. The maximum atomic E-state index is 12.6. The summed E-state index contributed by atoms with van der Waals surface area (Å²) in [6, 6.07) is 27.1. The van der Waals surface area contributed by atoms with E-state index in [4.69, 9.17) is 9.47 Å². The average molecular weight is 443 g/mol. The summed E-state index contributed by atoms with van der Waals surface area (Å²) in [5.41, 5.74) is 4.16. The second-order valence-electron chi connectivity index (χ2n) is 9.13. The van der Waals surface area contributed by atoms with Gasteiger partial charge in [0.15, 0.2) is 0 Å². The zero-order chi connectivity index (χ0) is 23.0. The normalized spacial score (nSPS) is 19.0. The molecule has 1 aliphatic carbocycles. The van der Waals surface area contributed by atoms with Crippen molar-refractivity contribution >= 4 is 5.97 Å². The maximum Gasteiger partial charge on any atom is 0.314 e. The first kappa shape index (κ1) is 23.1. The zero-order valence-corrected chi connectivity index (χ0v) is 19.7. The Balaban J connectivity index is 1.26. The molecule has 172 valence electrons. The van der Waals surface area contributed by atoms with Gasteiger partial charge in [-0.25, -0.2) is 0 Å². The SMILES string of the molecule is CCOc1ccc(OC(=O)C2CCC(c3ccc(CC(C)c4ccccc4)cc3)CC2)cc1. The van der Waals surface area contributed by atoms with Gasteiger partial charge in [0.25, 0.3) is 0 Å². The molecule has 0 bridgehead atoms. The van der Waals surface area contributed by atoms with Crippen LogP contribution in [-0.2, 0) is 11.2 Å². The summed E-state index contributed by atoms with van der Waals surface area (Å²) < 4.78 is 11.1. The number of hydrogen-bond donors (Lipinski definition) is 0. The Hall–Kier alpha value is -3.07. The second kappa shape index (κ2) is 11.2. The van der Waals surface area contributed by atoms with E-state index in [0.717, 1.165) is 37.9 Å². The summed E-state index contributed by atoms with van der Waals surface area (Å²) in [4.78, 5) is 12.6. The van der Waals surface area contributed by atoms with E-state index in [9.17, 15) is 4.79 Å². The number of ether oxygens (including phenoxy) is 2. The Morgan fingerprint density at radius 2 is 1.48 bits per heavy atom. The van der Waals surface area contributed by atoms with Crippen LogP contribution in [0.2, 0.25) is 0 Å². The summed E-state index contributed by atoms with van der Waals surface area (Å²) in [6.45, 7) is 4.86. The lowest BCUT2D eigenvalue weighted by Crippen LogP contribution is -2.25. The maximum absolute atomic E-state index is 12.6. The fourth-order valence-electron chi connectivity index (χ4n) is 4.81. The van der Waals surface area contributed by atoms with Crippen LogP contribution in [0.25, 0.3) is 0 Å². The van der Waals surface area contributed by atoms with Crippen molar-refractivity contribution in [3.05, 3.63) is 95.6 Å². The molecule has 0 N–H and O–H groups in total. The van der Waals surface area contributed by atoms with Gasteiger partial charge in [0.05, 0.1) is 12.5 Å². The van der Waals surface area contributed by atoms with E-state index in [2.05, 4.69) is 61.5 Å². The third kappa shape index (κ3) is 6.25. The molecule has 0 aliphatic heterocycles. The molecule has 1 aliphatic rings. The van der Waals surface area contributed by atoms with E-state index in [0.29, 0.717) is 24.2 Å². The van der Waals surface area contributed by atoms with E-state index in [1.807, 2.05) is 19.1 Å². The first-order chi connectivity index (χ1) is 16.1. The van der Waals surface area contributed by atoms with Crippen molar-refractivity contribution < 1.29 is 14.3 Å². The lowest BCUT2D eigenvalue weighted by molar-refractivity contribution is -0.140. The van der Waals surface area contributed by atoms with Crippen LogP contribution in [0.1, 0.15) is 68.1 Å². The number of carbonyl (C=O) groups is 1. The van der Waals surface area contributed by atoms with E-state index in [1.165, 1.54) is 16.7 Å². The van der Waals surface area contributed by atoms with Crippen LogP contribution in [-0.4, -0.2) is 12.6 Å². The number of carbonyl (C=O) groups excluding carboxylic acids is 1. The second-order valence-corrected chi connectivity index (χ2v) is 9.13. The minimum Gasteiger partial charge on any atom is -0.494 e. The molecule has 0 saturated heterocycles. The highest BCUT2D eigenvalue weighted by Gasteiger charge is 2.28. The average Bonchev–Trinajstić information content (AvgIpc) is 2.86. The first-order valence-corrected chi connectivity index (χ1v) is 12.2. The zero-order valence-electron chi connectivity index (χ0n) is 19.7. The van der Waals surface area contributed by atoms with Gasteiger partial charge in [0.2, 0.25) is 0 Å². The lowest BCUT2D eigenvalue weighted by Gasteiger charge is -2.27. The Morgan fingerprint density at radius 3 is 2.12 bits per heavy atom. The smallest absolute Gasteiger partial charge is 0.314 e. The van der Waals surface area contributed by atoms with Crippen LogP contribution >= 0.6 is 0 Å². The molecule has 0 radical (unpaired) electrons. The highest BCUT2D eigenvalue weighted by molar-refractivity contribution is 5.75. The third-order valence-corrected chi connectivity index (χ3v) is 6.78. The molecule has 1 saturated carbocycles. The highest BCUT2D eigenvalue weighted by atomic mass is 16.5. The molecule has 3 aromatic carbocycles. The fraction of sp³-hybridized carbons (Fsp3) is 0.367. The van der Waals surface area contributed by atoms with E-state index in [-0.39, 0.29) is 11.9 Å². The van der Waals surface area contributed by atoms with Gasteiger partial charge < -0.3 is 9.47 Å². The van der Waals surface area contributed by atoms with Crippen molar-refractivity contribution in [3.63, 3.8) is 0 Å². The fourth-order valence-corrected chi connectivity index (χ4v) is 4.81. The molecule has 33 heavy (non-hydrogen) atoms. The van der Waals surface area contributed by atoms with Gasteiger partial charge in [-0.15, -0.1) is 0 Å². The van der Waals surface area contributed by atoms with Crippen LogP contribution in [0.3, 0.4) is 0 Å².